The van der Waals surface area contributed by atoms with Gasteiger partial charge in [0.1, 0.15) is 5.75 Å². The summed E-state index contributed by atoms with van der Waals surface area (Å²) in [7, 11) is 3.16. The summed E-state index contributed by atoms with van der Waals surface area (Å²) in [5, 5.41) is 0.549. The normalized spacial score (nSPS) is 12.2. The van der Waals surface area contributed by atoms with Crippen molar-refractivity contribution >= 4 is 34.3 Å². The van der Waals surface area contributed by atoms with Crippen LogP contribution in [0.4, 0.5) is 18.9 Å². The molecular formula is C24H19ClF3N3O3. The molecule has 0 radical (unpaired) electrons. The predicted octanol–water partition coefficient (Wildman–Crippen LogP) is 5.60. The van der Waals surface area contributed by atoms with Crippen molar-refractivity contribution in [3.63, 3.8) is 0 Å². The number of nitrogens with zero attached hydrogens (tertiary/aromatic N) is 3. The standard InChI is InChI=1S/C24H19ClF3N3O3/c1-30-20-12-7-17(25)13-21(20)31(14-15-3-5-16(6-4-15)22(32)33-2)23(30)29-18-8-10-19(11-9-18)34-24(26,27)28/h3-13H,14H2,1-2H3/b29-23-. The minimum Gasteiger partial charge on any atom is -0.465 e. The third-order valence-electron chi connectivity index (χ3n) is 5.15. The van der Waals surface area contributed by atoms with Crippen molar-refractivity contribution in [1.82, 2.24) is 9.13 Å². The number of rotatable bonds is 5. The van der Waals surface area contributed by atoms with E-state index < -0.39 is 12.3 Å². The van der Waals surface area contributed by atoms with E-state index in [-0.39, 0.29) is 5.75 Å². The van der Waals surface area contributed by atoms with Gasteiger partial charge in [-0.2, -0.15) is 0 Å². The molecule has 34 heavy (non-hydrogen) atoms. The van der Waals surface area contributed by atoms with Crippen LogP contribution in [0, 0.1) is 0 Å². The van der Waals surface area contributed by atoms with Gasteiger partial charge in [-0.15, -0.1) is 13.2 Å². The summed E-state index contributed by atoms with van der Waals surface area (Å²) in [6.07, 6.45) is -4.76. The molecule has 176 valence electrons. The van der Waals surface area contributed by atoms with Gasteiger partial charge in [0.25, 0.3) is 0 Å². The topological polar surface area (TPSA) is 57.8 Å². The molecule has 1 heterocycles. The average molecular weight is 490 g/mol. The number of benzene rings is 3. The molecule has 1 aromatic heterocycles. The van der Waals surface area contributed by atoms with Crippen LogP contribution in [0.3, 0.4) is 0 Å². The molecule has 0 N–H and O–H groups in total. The quantitative estimate of drug-likeness (QED) is 0.343. The van der Waals surface area contributed by atoms with Crippen LogP contribution in [0.25, 0.3) is 11.0 Å². The molecule has 0 spiro atoms. The van der Waals surface area contributed by atoms with E-state index in [1.165, 1.54) is 31.4 Å². The van der Waals surface area contributed by atoms with Crippen LogP contribution in [0.2, 0.25) is 5.02 Å². The third kappa shape index (κ3) is 5.09. The Kier molecular flexibility index (Phi) is 6.39. The van der Waals surface area contributed by atoms with Crippen LogP contribution in [0.1, 0.15) is 15.9 Å². The maximum Gasteiger partial charge on any atom is 0.573 e. The van der Waals surface area contributed by atoms with Crippen LogP contribution >= 0.6 is 11.6 Å². The zero-order valence-corrected chi connectivity index (χ0v) is 18.9. The summed E-state index contributed by atoms with van der Waals surface area (Å²) < 4.78 is 49.8. The fourth-order valence-electron chi connectivity index (χ4n) is 3.57. The van der Waals surface area contributed by atoms with E-state index in [0.717, 1.165) is 16.6 Å². The average Bonchev–Trinajstić information content (AvgIpc) is 3.04. The lowest BCUT2D eigenvalue weighted by Gasteiger charge is -2.09. The molecule has 0 saturated heterocycles. The number of esters is 1. The van der Waals surface area contributed by atoms with E-state index >= 15 is 0 Å². The van der Waals surface area contributed by atoms with Gasteiger partial charge in [-0.05, 0) is 60.2 Å². The van der Waals surface area contributed by atoms with Gasteiger partial charge in [0.15, 0.2) is 0 Å². The lowest BCUT2D eigenvalue weighted by Crippen LogP contribution is -2.24. The largest absolute Gasteiger partial charge is 0.573 e. The maximum absolute atomic E-state index is 12.5. The van der Waals surface area contributed by atoms with Gasteiger partial charge in [-0.1, -0.05) is 23.7 Å². The number of alkyl halides is 3. The molecule has 0 amide bonds. The summed E-state index contributed by atoms with van der Waals surface area (Å²) in [6.45, 7) is 0.410. The number of aromatic nitrogens is 2. The molecule has 0 bridgehead atoms. The second-order valence-corrected chi connectivity index (χ2v) is 7.86. The highest BCUT2D eigenvalue weighted by atomic mass is 35.5. The third-order valence-corrected chi connectivity index (χ3v) is 5.38. The predicted molar refractivity (Wildman–Crippen MR) is 121 cm³/mol. The number of methoxy groups -OCH3 is 1. The summed E-state index contributed by atoms with van der Waals surface area (Å²) >= 11 is 6.25. The van der Waals surface area contributed by atoms with E-state index in [1.807, 2.05) is 40.4 Å². The van der Waals surface area contributed by atoms with Crippen molar-refractivity contribution in [3.05, 3.63) is 88.5 Å². The van der Waals surface area contributed by atoms with Crippen LogP contribution < -0.4 is 10.4 Å². The number of halogens is 4. The Bertz CT molecular complexity index is 1410. The van der Waals surface area contributed by atoms with Crippen molar-refractivity contribution in [2.75, 3.05) is 7.11 Å². The fourth-order valence-corrected chi connectivity index (χ4v) is 3.74. The zero-order chi connectivity index (χ0) is 24.5. The molecule has 0 aliphatic rings. The Morgan fingerprint density at radius 3 is 2.29 bits per heavy atom. The Hall–Kier alpha value is -3.72. The highest BCUT2D eigenvalue weighted by molar-refractivity contribution is 6.31. The first-order valence-corrected chi connectivity index (χ1v) is 10.4. The molecule has 6 nitrogen and oxygen atoms in total. The van der Waals surface area contributed by atoms with Crippen LogP contribution in [-0.2, 0) is 18.3 Å². The van der Waals surface area contributed by atoms with E-state index in [0.29, 0.717) is 28.4 Å². The fraction of sp³-hybridized carbons (Fsp3) is 0.167. The highest BCUT2D eigenvalue weighted by Gasteiger charge is 2.30. The van der Waals surface area contributed by atoms with Crippen molar-refractivity contribution < 1.29 is 27.4 Å². The number of carbonyl (C=O) groups excluding carboxylic acids is 1. The van der Waals surface area contributed by atoms with Crippen molar-refractivity contribution in [2.24, 2.45) is 12.0 Å². The lowest BCUT2D eigenvalue weighted by molar-refractivity contribution is -0.274. The van der Waals surface area contributed by atoms with Gasteiger partial charge in [-0.3, -0.25) is 0 Å². The van der Waals surface area contributed by atoms with Crippen molar-refractivity contribution in [3.8, 4) is 5.75 Å². The zero-order valence-electron chi connectivity index (χ0n) is 18.1. The molecule has 0 aliphatic carbocycles. The smallest absolute Gasteiger partial charge is 0.465 e. The monoisotopic (exact) mass is 489 g/mol. The molecule has 0 aliphatic heterocycles. The first-order chi connectivity index (χ1) is 16.1. The number of imidazole rings is 1. The Morgan fingerprint density at radius 2 is 1.68 bits per heavy atom. The van der Waals surface area contributed by atoms with Gasteiger partial charge < -0.3 is 18.6 Å². The summed E-state index contributed by atoms with van der Waals surface area (Å²) in [5.41, 5.74) is 4.02. The molecule has 0 atom stereocenters. The van der Waals surface area contributed by atoms with Crippen molar-refractivity contribution in [2.45, 2.75) is 12.9 Å². The Labute approximate surface area is 197 Å². The first kappa shape index (κ1) is 23.4. The van der Waals surface area contributed by atoms with Gasteiger partial charge in [0, 0.05) is 12.1 Å². The molecule has 10 heteroatoms. The molecule has 0 unspecified atom stereocenters. The summed E-state index contributed by atoms with van der Waals surface area (Å²) in [5.74, 6) is -0.751. The number of hydrogen-bond acceptors (Lipinski definition) is 4. The van der Waals surface area contributed by atoms with E-state index in [2.05, 4.69) is 9.73 Å². The second kappa shape index (κ2) is 9.26. The van der Waals surface area contributed by atoms with E-state index in [4.69, 9.17) is 16.3 Å². The summed E-state index contributed by atoms with van der Waals surface area (Å²) in [6, 6.07) is 17.8. The SMILES string of the molecule is COC(=O)c1ccc(Cn2/c(=N\c3ccc(OC(F)(F)F)cc3)n(C)c3ccc(Cl)cc32)cc1. The molecule has 4 rings (SSSR count). The maximum atomic E-state index is 12.5. The van der Waals surface area contributed by atoms with Crippen LogP contribution in [0.15, 0.2) is 71.7 Å². The number of fused-ring (bicyclic) bond motifs is 1. The number of carbonyl (C=O) groups is 1. The number of ether oxygens (including phenoxy) is 2. The highest BCUT2D eigenvalue weighted by Crippen LogP contribution is 2.25. The van der Waals surface area contributed by atoms with E-state index in [9.17, 15) is 18.0 Å². The number of hydrogen-bond donors (Lipinski definition) is 0. The molecule has 3 aromatic carbocycles. The van der Waals surface area contributed by atoms with Gasteiger partial charge in [0.05, 0.1) is 35.9 Å². The van der Waals surface area contributed by atoms with Gasteiger partial charge in [0.2, 0.25) is 5.62 Å². The van der Waals surface area contributed by atoms with Gasteiger partial charge >= 0.3 is 12.3 Å². The Balaban J connectivity index is 1.78. The van der Waals surface area contributed by atoms with E-state index in [1.54, 1.807) is 18.2 Å². The first-order valence-electron chi connectivity index (χ1n) is 10.1. The van der Waals surface area contributed by atoms with Crippen LogP contribution in [-0.4, -0.2) is 28.6 Å². The minimum absolute atomic E-state index is 0.325. The van der Waals surface area contributed by atoms with Gasteiger partial charge in [-0.25, -0.2) is 9.79 Å². The molecule has 0 fully saturated rings. The van der Waals surface area contributed by atoms with Crippen LogP contribution in [0.5, 0.6) is 5.75 Å². The lowest BCUT2D eigenvalue weighted by atomic mass is 10.1. The molecular weight excluding hydrogens is 471 g/mol. The Morgan fingerprint density at radius 1 is 1.00 bits per heavy atom. The van der Waals surface area contributed by atoms with Crippen molar-refractivity contribution in [1.29, 1.82) is 0 Å². The molecule has 0 saturated carbocycles. The number of aryl methyl sites for hydroxylation is 1. The summed E-state index contributed by atoms with van der Waals surface area (Å²) in [4.78, 5) is 16.4. The second-order valence-electron chi connectivity index (χ2n) is 7.42. The molecule has 4 aromatic rings. The minimum atomic E-state index is -4.76.